The van der Waals surface area contributed by atoms with E-state index in [9.17, 15) is 0 Å². The fourth-order valence-electron chi connectivity index (χ4n) is 2.65. The highest BCUT2D eigenvalue weighted by Gasteiger charge is 2.19. The smallest absolute Gasteiger partial charge is 0.130 e. The van der Waals surface area contributed by atoms with Gasteiger partial charge in [-0.25, -0.2) is 0 Å². The molecule has 1 fully saturated rings. The maximum Gasteiger partial charge on any atom is 0.130 e. The van der Waals surface area contributed by atoms with Crippen LogP contribution in [-0.2, 0) is 17.9 Å². The van der Waals surface area contributed by atoms with E-state index in [1.54, 1.807) is 0 Å². The molecule has 19 heavy (non-hydrogen) atoms. The first kappa shape index (κ1) is 14.6. The highest BCUT2D eigenvalue weighted by molar-refractivity contribution is 5.19. The third kappa shape index (κ3) is 4.06. The minimum absolute atomic E-state index is 0.571. The van der Waals surface area contributed by atoms with Gasteiger partial charge in [-0.05, 0) is 52.0 Å². The van der Waals surface area contributed by atoms with Gasteiger partial charge >= 0.3 is 0 Å². The zero-order valence-corrected chi connectivity index (χ0v) is 12.4. The lowest BCUT2D eigenvalue weighted by molar-refractivity contribution is 0.0371. The second-order valence-electron chi connectivity index (χ2n) is 5.49. The number of nitrogens with one attached hydrogen (secondary N) is 1. The van der Waals surface area contributed by atoms with Crippen molar-refractivity contribution in [1.29, 1.82) is 0 Å². The summed E-state index contributed by atoms with van der Waals surface area (Å²) in [5.74, 6) is 1.94. The Morgan fingerprint density at radius 3 is 3.05 bits per heavy atom. The molecule has 0 saturated carbocycles. The van der Waals surface area contributed by atoms with Crippen LogP contribution >= 0.6 is 0 Å². The molecule has 1 aromatic heterocycles. The van der Waals surface area contributed by atoms with Crippen molar-refractivity contribution in [2.45, 2.75) is 45.4 Å². The molecular weight excluding hydrogens is 240 g/mol. The van der Waals surface area contributed by atoms with Gasteiger partial charge in [0.25, 0.3) is 0 Å². The number of furan rings is 1. The summed E-state index contributed by atoms with van der Waals surface area (Å²) in [6.07, 6.45) is 3.89. The zero-order chi connectivity index (χ0) is 13.7. The zero-order valence-electron chi connectivity index (χ0n) is 12.4. The number of aryl methyl sites for hydroxylation is 1. The van der Waals surface area contributed by atoms with Crippen LogP contribution in [0.4, 0.5) is 0 Å². The Kier molecular flexibility index (Phi) is 5.43. The van der Waals surface area contributed by atoms with E-state index in [0.717, 1.165) is 24.7 Å². The SMILES string of the molecule is CNCc1oc(COCC2CCCCN2C)cc1C. The molecular formula is C15H26N2O2. The average Bonchev–Trinajstić information content (AvgIpc) is 2.73. The van der Waals surface area contributed by atoms with Crippen LogP contribution in [0.3, 0.4) is 0 Å². The van der Waals surface area contributed by atoms with Gasteiger partial charge in [0.15, 0.2) is 0 Å². The van der Waals surface area contributed by atoms with E-state index in [0.29, 0.717) is 12.6 Å². The van der Waals surface area contributed by atoms with Crippen molar-refractivity contribution in [2.75, 3.05) is 27.2 Å². The number of hydrogen-bond acceptors (Lipinski definition) is 4. The lowest BCUT2D eigenvalue weighted by atomic mass is 10.0. The summed E-state index contributed by atoms with van der Waals surface area (Å²) >= 11 is 0. The van der Waals surface area contributed by atoms with Gasteiger partial charge in [0.1, 0.15) is 18.1 Å². The molecule has 0 aromatic carbocycles. The second-order valence-corrected chi connectivity index (χ2v) is 5.49. The Morgan fingerprint density at radius 2 is 2.32 bits per heavy atom. The average molecular weight is 266 g/mol. The fraction of sp³-hybridized carbons (Fsp3) is 0.733. The first-order valence-corrected chi connectivity index (χ1v) is 7.21. The van der Waals surface area contributed by atoms with Crippen LogP contribution in [0.1, 0.15) is 36.3 Å². The van der Waals surface area contributed by atoms with E-state index in [1.165, 1.54) is 31.4 Å². The molecule has 1 unspecified atom stereocenters. The van der Waals surface area contributed by atoms with Gasteiger partial charge in [0.2, 0.25) is 0 Å². The normalized spacial score (nSPS) is 20.9. The van der Waals surface area contributed by atoms with Gasteiger partial charge in [-0.2, -0.15) is 0 Å². The summed E-state index contributed by atoms with van der Waals surface area (Å²) in [6.45, 7) is 5.43. The molecule has 1 aliphatic heterocycles. The maximum absolute atomic E-state index is 5.82. The summed E-state index contributed by atoms with van der Waals surface area (Å²) in [7, 11) is 4.12. The van der Waals surface area contributed by atoms with Crippen LogP contribution in [-0.4, -0.2) is 38.2 Å². The second kappa shape index (κ2) is 7.08. The standard InChI is InChI=1S/C15H26N2O2/c1-12-8-14(19-15(12)9-16-2)11-18-10-13-6-4-5-7-17(13)3/h8,13,16H,4-7,9-11H2,1-3H3. The summed E-state index contributed by atoms with van der Waals surface area (Å²) < 4.78 is 11.6. The lowest BCUT2D eigenvalue weighted by Gasteiger charge is -2.32. The molecule has 1 N–H and O–H groups in total. The number of likely N-dealkylation sites (tertiary alicyclic amines) is 1. The molecule has 0 amide bonds. The molecule has 0 spiro atoms. The molecule has 1 saturated heterocycles. The molecule has 108 valence electrons. The van der Waals surface area contributed by atoms with Crippen LogP contribution in [0, 0.1) is 6.92 Å². The number of ether oxygens (including phenoxy) is 1. The van der Waals surface area contributed by atoms with E-state index in [1.807, 2.05) is 7.05 Å². The maximum atomic E-state index is 5.82. The Balaban J connectivity index is 1.77. The summed E-state index contributed by atoms with van der Waals surface area (Å²) in [6, 6.07) is 2.65. The minimum atomic E-state index is 0.571. The topological polar surface area (TPSA) is 37.6 Å². The van der Waals surface area contributed by atoms with Gasteiger partial charge < -0.3 is 19.4 Å². The molecule has 4 nitrogen and oxygen atoms in total. The Hall–Kier alpha value is -0.840. The van der Waals surface area contributed by atoms with E-state index in [-0.39, 0.29) is 0 Å². The monoisotopic (exact) mass is 266 g/mol. The third-order valence-corrected chi connectivity index (χ3v) is 3.89. The van der Waals surface area contributed by atoms with Crippen LogP contribution in [0.25, 0.3) is 0 Å². The van der Waals surface area contributed by atoms with Crippen molar-refractivity contribution in [3.63, 3.8) is 0 Å². The number of piperidine rings is 1. The van der Waals surface area contributed by atoms with Crippen molar-refractivity contribution in [2.24, 2.45) is 0 Å². The quantitative estimate of drug-likeness (QED) is 0.857. The van der Waals surface area contributed by atoms with Crippen LogP contribution in [0.2, 0.25) is 0 Å². The van der Waals surface area contributed by atoms with Crippen molar-refractivity contribution in [3.05, 3.63) is 23.2 Å². The molecule has 1 aliphatic rings. The minimum Gasteiger partial charge on any atom is -0.462 e. The van der Waals surface area contributed by atoms with E-state index < -0.39 is 0 Å². The molecule has 4 heteroatoms. The fourth-order valence-corrected chi connectivity index (χ4v) is 2.65. The van der Waals surface area contributed by atoms with Gasteiger partial charge in [-0.1, -0.05) is 6.42 Å². The van der Waals surface area contributed by atoms with Crippen LogP contribution in [0.15, 0.2) is 10.5 Å². The summed E-state index contributed by atoms with van der Waals surface area (Å²) in [5.41, 5.74) is 1.20. The summed E-state index contributed by atoms with van der Waals surface area (Å²) in [4.78, 5) is 2.41. The molecule has 0 bridgehead atoms. The van der Waals surface area contributed by atoms with Gasteiger partial charge in [0.05, 0.1) is 13.2 Å². The Morgan fingerprint density at radius 1 is 1.47 bits per heavy atom. The Labute approximate surface area is 116 Å². The predicted octanol–water partition coefficient (Wildman–Crippen LogP) is 2.31. The predicted molar refractivity (Wildman–Crippen MR) is 76.1 cm³/mol. The lowest BCUT2D eigenvalue weighted by Crippen LogP contribution is -2.39. The highest BCUT2D eigenvalue weighted by atomic mass is 16.5. The highest BCUT2D eigenvalue weighted by Crippen LogP contribution is 2.18. The molecule has 0 radical (unpaired) electrons. The molecule has 2 rings (SSSR count). The molecule has 0 aliphatic carbocycles. The van der Waals surface area contributed by atoms with Crippen LogP contribution in [0.5, 0.6) is 0 Å². The Bertz CT molecular complexity index is 389. The van der Waals surface area contributed by atoms with E-state index in [4.69, 9.17) is 9.15 Å². The number of hydrogen-bond donors (Lipinski definition) is 1. The molecule has 2 heterocycles. The summed E-state index contributed by atoms with van der Waals surface area (Å²) in [5, 5.41) is 3.11. The largest absolute Gasteiger partial charge is 0.462 e. The van der Waals surface area contributed by atoms with Gasteiger partial charge in [0, 0.05) is 6.04 Å². The van der Waals surface area contributed by atoms with Gasteiger partial charge in [-0.3, -0.25) is 0 Å². The van der Waals surface area contributed by atoms with E-state index in [2.05, 4.69) is 30.3 Å². The van der Waals surface area contributed by atoms with Crippen molar-refractivity contribution in [1.82, 2.24) is 10.2 Å². The van der Waals surface area contributed by atoms with Crippen molar-refractivity contribution in [3.8, 4) is 0 Å². The molecule has 1 aromatic rings. The van der Waals surface area contributed by atoms with Crippen molar-refractivity contribution >= 4 is 0 Å². The van der Waals surface area contributed by atoms with Crippen LogP contribution < -0.4 is 5.32 Å². The van der Waals surface area contributed by atoms with Crippen molar-refractivity contribution < 1.29 is 9.15 Å². The third-order valence-electron chi connectivity index (χ3n) is 3.89. The molecule has 1 atom stereocenters. The van der Waals surface area contributed by atoms with E-state index >= 15 is 0 Å². The van der Waals surface area contributed by atoms with Gasteiger partial charge in [-0.15, -0.1) is 0 Å². The number of rotatable bonds is 6. The number of likely N-dealkylation sites (N-methyl/N-ethyl adjacent to an activating group) is 1. The number of nitrogens with zero attached hydrogens (tertiary/aromatic N) is 1. The first-order valence-electron chi connectivity index (χ1n) is 7.21. The first-order chi connectivity index (χ1) is 9.20.